The van der Waals surface area contributed by atoms with E-state index in [1.54, 1.807) is 12.1 Å². The number of phenolic OH excluding ortho intramolecular Hbond substituents is 1. The van der Waals surface area contributed by atoms with E-state index in [4.69, 9.17) is 20.4 Å². The van der Waals surface area contributed by atoms with Gasteiger partial charge in [-0.25, -0.2) is 19.2 Å². The first-order chi connectivity index (χ1) is 21.1. The Kier molecular flexibility index (Phi) is 9.52. The predicted octanol–water partition coefficient (Wildman–Crippen LogP) is 6.72. The van der Waals surface area contributed by atoms with Crippen LogP contribution in [0.1, 0.15) is 64.0 Å². The van der Waals surface area contributed by atoms with Gasteiger partial charge in [-0.05, 0) is 82.4 Å². The Morgan fingerprint density at radius 3 is 1.20 bits per heavy atom. The quantitative estimate of drug-likeness (QED) is 0.146. The summed E-state index contributed by atoms with van der Waals surface area (Å²) in [7, 11) is 0. The summed E-state index contributed by atoms with van der Waals surface area (Å²) < 4.78 is 0. The van der Waals surface area contributed by atoms with Crippen LogP contribution in [0, 0.1) is 0 Å². The lowest BCUT2D eigenvalue weighted by molar-refractivity contribution is 0.0681. The molecule has 0 atom stereocenters. The van der Waals surface area contributed by atoms with E-state index >= 15 is 0 Å². The van der Waals surface area contributed by atoms with E-state index in [9.17, 15) is 24.3 Å². The molecule has 0 unspecified atom stereocenters. The lowest BCUT2D eigenvalue weighted by Gasteiger charge is -2.14. The van der Waals surface area contributed by atoms with Crippen LogP contribution in [0.3, 0.4) is 0 Å². The van der Waals surface area contributed by atoms with Crippen LogP contribution in [0.15, 0.2) is 121 Å². The zero-order valence-corrected chi connectivity index (χ0v) is 23.0. The molecule has 0 radical (unpaired) electrons. The summed E-state index contributed by atoms with van der Waals surface area (Å²) in [5.41, 5.74) is 6.69. The second-order valence-corrected chi connectivity index (χ2v) is 9.58. The Bertz CT molecular complexity index is 1720. The van der Waals surface area contributed by atoms with E-state index in [-0.39, 0.29) is 28.2 Å². The standard InChI is InChI=1S/C19H14O.2C8H6O4/c20-14-11-9-13(10-12-14)19-17-7-3-1-5-15(17)16-6-2-4-8-18(16)19;9-7(10)5-1-2-6(4-3-5)8(11)12;9-7(10)5-2-1-3-6(4-5)8(11)12/h1-12,19-20H;2*1-4H,(H,9,10)(H,11,12). The topological polar surface area (TPSA) is 169 Å². The third-order valence-electron chi connectivity index (χ3n) is 6.80. The van der Waals surface area contributed by atoms with Crippen molar-refractivity contribution in [1.29, 1.82) is 0 Å². The number of hydrogen-bond acceptors (Lipinski definition) is 5. The summed E-state index contributed by atoms with van der Waals surface area (Å²) >= 11 is 0. The van der Waals surface area contributed by atoms with Crippen molar-refractivity contribution in [2.24, 2.45) is 0 Å². The van der Waals surface area contributed by atoms with Crippen molar-refractivity contribution < 1.29 is 44.7 Å². The third-order valence-corrected chi connectivity index (χ3v) is 6.80. The molecule has 0 aliphatic heterocycles. The van der Waals surface area contributed by atoms with Crippen molar-refractivity contribution >= 4 is 23.9 Å². The average Bonchev–Trinajstić information content (AvgIpc) is 3.36. The van der Waals surface area contributed by atoms with Gasteiger partial charge in [-0.15, -0.1) is 0 Å². The van der Waals surface area contributed by atoms with Crippen LogP contribution in [0.5, 0.6) is 5.75 Å². The van der Waals surface area contributed by atoms with Gasteiger partial charge in [0.1, 0.15) is 5.75 Å². The molecule has 5 aromatic carbocycles. The van der Waals surface area contributed by atoms with Gasteiger partial charge >= 0.3 is 23.9 Å². The molecule has 220 valence electrons. The highest BCUT2D eigenvalue weighted by atomic mass is 16.4. The van der Waals surface area contributed by atoms with Gasteiger partial charge in [0.2, 0.25) is 0 Å². The maximum Gasteiger partial charge on any atom is 0.335 e. The highest BCUT2D eigenvalue weighted by molar-refractivity contribution is 5.93. The monoisotopic (exact) mass is 590 g/mol. The Morgan fingerprint density at radius 2 is 0.818 bits per heavy atom. The van der Waals surface area contributed by atoms with Gasteiger partial charge in [-0.1, -0.05) is 66.7 Å². The molecular weight excluding hydrogens is 564 g/mol. The Morgan fingerprint density at radius 1 is 0.432 bits per heavy atom. The number of carboxylic acid groups (broad SMARTS) is 4. The molecule has 0 heterocycles. The molecule has 0 amide bonds. The number of aromatic hydroxyl groups is 1. The normalized spacial score (nSPS) is 11.0. The molecule has 0 fully saturated rings. The molecule has 9 heteroatoms. The molecule has 1 aliphatic carbocycles. The molecular formula is C35H26O9. The van der Waals surface area contributed by atoms with Gasteiger partial charge in [0.25, 0.3) is 0 Å². The average molecular weight is 591 g/mol. The number of carbonyl (C=O) groups is 4. The minimum atomic E-state index is -1.13. The fourth-order valence-corrected chi connectivity index (χ4v) is 4.72. The first kappa shape index (κ1) is 30.7. The van der Waals surface area contributed by atoms with Gasteiger partial charge in [0.05, 0.1) is 22.3 Å². The van der Waals surface area contributed by atoms with Crippen molar-refractivity contribution in [1.82, 2.24) is 0 Å². The van der Waals surface area contributed by atoms with Gasteiger partial charge in [-0.2, -0.15) is 0 Å². The number of hydrogen-bond donors (Lipinski definition) is 5. The minimum Gasteiger partial charge on any atom is -0.508 e. The van der Waals surface area contributed by atoms with Crippen LogP contribution in [0.4, 0.5) is 0 Å². The Balaban J connectivity index is 0.000000161. The van der Waals surface area contributed by atoms with Crippen LogP contribution >= 0.6 is 0 Å². The van der Waals surface area contributed by atoms with Gasteiger partial charge in [-0.3, -0.25) is 0 Å². The first-order valence-electron chi connectivity index (χ1n) is 13.2. The zero-order valence-electron chi connectivity index (χ0n) is 23.0. The molecule has 5 N–H and O–H groups in total. The predicted molar refractivity (Wildman–Crippen MR) is 162 cm³/mol. The Labute approximate surface area is 251 Å². The summed E-state index contributed by atoms with van der Waals surface area (Å²) in [6, 6.07) is 34.9. The molecule has 5 aromatic rings. The van der Waals surface area contributed by atoms with Gasteiger partial charge < -0.3 is 25.5 Å². The zero-order chi connectivity index (χ0) is 31.8. The number of carboxylic acids is 4. The van der Waals surface area contributed by atoms with Crippen molar-refractivity contribution in [3.05, 3.63) is 160 Å². The summed E-state index contributed by atoms with van der Waals surface area (Å²) in [5.74, 6) is -3.80. The summed E-state index contributed by atoms with van der Waals surface area (Å²) in [6.45, 7) is 0. The fraction of sp³-hybridized carbons (Fsp3) is 0.0286. The van der Waals surface area contributed by atoms with E-state index in [2.05, 4.69) is 48.5 Å². The van der Waals surface area contributed by atoms with Crippen molar-refractivity contribution in [3.63, 3.8) is 0 Å². The fourth-order valence-electron chi connectivity index (χ4n) is 4.72. The SMILES string of the molecule is O=C(O)c1ccc(C(=O)O)cc1.O=C(O)c1cccc(C(=O)O)c1.Oc1ccc(C2c3ccccc3-c3ccccc32)cc1. The maximum absolute atomic E-state index is 10.4. The largest absolute Gasteiger partial charge is 0.508 e. The van der Waals surface area contributed by atoms with E-state index < -0.39 is 23.9 Å². The third kappa shape index (κ3) is 7.15. The smallest absolute Gasteiger partial charge is 0.335 e. The van der Waals surface area contributed by atoms with E-state index in [0.717, 1.165) is 6.07 Å². The maximum atomic E-state index is 10.4. The summed E-state index contributed by atoms with van der Waals surface area (Å²) in [6.07, 6.45) is 0. The highest BCUT2D eigenvalue weighted by Crippen LogP contribution is 2.47. The molecule has 0 bridgehead atoms. The molecule has 6 rings (SSSR count). The molecule has 44 heavy (non-hydrogen) atoms. The van der Waals surface area contributed by atoms with Crippen LogP contribution in [-0.2, 0) is 0 Å². The van der Waals surface area contributed by atoms with Crippen molar-refractivity contribution in [3.8, 4) is 16.9 Å². The van der Waals surface area contributed by atoms with Crippen LogP contribution in [-0.4, -0.2) is 49.4 Å². The number of aromatic carboxylic acids is 4. The second-order valence-electron chi connectivity index (χ2n) is 9.58. The van der Waals surface area contributed by atoms with Crippen LogP contribution in [0.2, 0.25) is 0 Å². The van der Waals surface area contributed by atoms with Crippen molar-refractivity contribution in [2.45, 2.75) is 5.92 Å². The van der Waals surface area contributed by atoms with Gasteiger partial charge in [0, 0.05) is 5.92 Å². The van der Waals surface area contributed by atoms with Crippen molar-refractivity contribution in [2.75, 3.05) is 0 Å². The molecule has 0 saturated heterocycles. The van der Waals surface area contributed by atoms with Gasteiger partial charge in [0.15, 0.2) is 0 Å². The molecule has 0 aromatic heterocycles. The lowest BCUT2D eigenvalue weighted by atomic mass is 9.89. The van der Waals surface area contributed by atoms with E-state index in [1.165, 1.54) is 70.3 Å². The second kappa shape index (κ2) is 13.6. The lowest BCUT2D eigenvalue weighted by Crippen LogP contribution is -2.01. The summed E-state index contributed by atoms with van der Waals surface area (Å²) in [4.78, 5) is 41.4. The molecule has 0 spiro atoms. The number of rotatable bonds is 5. The number of benzene rings is 5. The van der Waals surface area contributed by atoms with Crippen LogP contribution < -0.4 is 0 Å². The number of fused-ring (bicyclic) bond motifs is 3. The molecule has 0 saturated carbocycles. The highest BCUT2D eigenvalue weighted by Gasteiger charge is 2.28. The molecule has 1 aliphatic rings. The first-order valence-corrected chi connectivity index (χ1v) is 13.2. The number of phenols is 1. The Hall–Kier alpha value is -6.22. The minimum absolute atomic E-state index is 0.0186. The summed E-state index contributed by atoms with van der Waals surface area (Å²) in [5, 5.41) is 43.4. The van der Waals surface area contributed by atoms with E-state index in [1.807, 2.05) is 12.1 Å². The van der Waals surface area contributed by atoms with E-state index in [0.29, 0.717) is 5.75 Å². The van der Waals surface area contributed by atoms with Crippen LogP contribution in [0.25, 0.3) is 11.1 Å². The molecule has 9 nitrogen and oxygen atoms in total.